The molecule has 0 saturated carbocycles. The molecule has 2 heterocycles. The van der Waals surface area contributed by atoms with Crippen molar-refractivity contribution in [1.82, 2.24) is 9.88 Å². The Bertz CT molecular complexity index is 339. The van der Waals surface area contributed by atoms with Crippen LogP contribution >= 0.6 is 0 Å². The van der Waals surface area contributed by atoms with Gasteiger partial charge in [-0.3, -0.25) is 4.90 Å². The van der Waals surface area contributed by atoms with Crippen LogP contribution in [0.25, 0.3) is 0 Å². The van der Waals surface area contributed by atoms with E-state index < -0.39 is 0 Å². The van der Waals surface area contributed by atoms with Gasteiger partial charge >= 0.3 is 0 Å². The number of nitrogens with one attached hydrogen (secondary N) is 1. The summed E-state index contributed by atoms with van der Waals surface area (Å²) < 4.78 is 5.60. The third kappa shape index (κ3) is 3.87. The Kier molecular flexibility index (Phi) is 4.58. The van der Waals surface area contributed by atoms with Gasteiger partial charge < -0.3 is 10.2 Å². The summed E-state index contributed by atoms with van der Waals surface area (Å²) in [5.74, 6) is 6.54. The van der Waals surface area contributed by atoms with E-state index in [0.717, 1.165) is 6.54 Å². The van der Waals surface area contributed by atoms with Crippen LogP contribution in [-0.4, -0.2) is 36.1 Å². The van der Waals surface area contributed by atoms with Crippen molar-refractivity contribution in [2.24, 2.45) is 5.84 Å². The molecule has 17 heavy (non-hydrogen) atoms. The Balaban J connectivity index is 1.73. The van der Waals surface area contributed by atoms with Crippen molar-refractivity contribution in [2.75, 3.05) is 31.7 Å². The summed E-state index contributed by atoms with van der Waals surface area (Å²) in [6.07, 6.45) is 3.98. The lowest BCUT2D eigenvalue weighted by atomic mass is 10.1. The van der Waals surface area contributed by atoms with E-state index in [-0.39, 0.29) is 0 Å². The van der Waals surface area contributed by atoms with Gasteiger partial charge in [0, 0.05) is 12.6 Å². The number of nitrogen functional groups attached to an aromatic ring is 1. The third-order valence-corrected chi connectivity index (χ3v) is 2.98. The first-order valence-electron chi connectivity index (χ1n) is 6.17. The number of hydrogen-bond donors (Lipinski definition) is 2. The highest BCUT2D eigenvalue weighted by atomic mass is 16.5. The summed E-state index contributed by atoms with van der Waals surface area (Å²) in [6.45, 7) is 4.05. The zero-order chi connectivity index (χ0) is 11.9. The monoisotopic (exact) mass is 236 g/mol. The average Bonchev–Trinajstić information content (AvgIpc) is 2.40. The van der Waals surface area contributed by atoms with E-state index in [4.69, 9.17) is 10.6 Å². The normalized spacial score (nSPS) is 16.8. The second-order valence-electron chi connectivity index (χ2n) is 4.26. The lowest BCUT2D eigenvalue weighted by Crippen LogP contribution is -2.33. The predicted molar refractivity (Wildman–Crippen MR) is 67.8 cm³/mol. The van der Waals surface area contributed by atoms with Crippen LogP contribution in [0.5, 0.6) is 5.88 Å². The first kappa shape index (κ1) is 12.1. The van der Waals surface area contributed by atoms with Crippen molar-refractivity contribution in [3.8, 4) is 5.88 Å². The van der Waals surface area contributed by atoms with Crippen LogP contribution in [-0.2, 0) is 0 Å². The van der Waals surface area contributed by atoms with Gasteiger partial charge in [0.15, 0.2) is 0 Å². The summed E-state index contributed by atoms with van der Waals surface area (Å²) >= 11 is 0. The van der Waals surface area contributed by atoms with E-state index in [2.05, 4.69) is 15.3 Å². The first-order chi connectivity index (χ1) is 8.38. The van der Waals surface area contributed by atoms with Gasteiger partial charge in [0.25, 0.3) is 0 Å². The van der Waals surface area contributed by atoms with Crippen LogP contribution in [0.1, 0.15) is 19.3 Å². The number of likely N-dealkylation sites (tertiary alicyclic amines) is 1. The maximum absolute atomic E-state index is 5.60. The summed E-state index contributed by atoms with van der Waals surface area (Å²) in [4.78, 5) is 6.64. The highest BCUT2D eigenvalue weighted by Gasteiger charge is 2.09. The molecule has 1 aliphatic rings. The molecule has 1 aliphatic heterocycles. The Morgan fingerprint density at radius 2 is 2.12 bits per heavy atom. The maximum Gasteiger partial charge on any atom is 0.215 e. The second-order valence-corrected chi connectivity index (χ2v) is 4.26. The summed E-state index contributed by atoms with van der Waals surface area (Å²) in [5, 5.41) is 0. The number of hydrogen-bond acceptors (Lipinski definition) is 5. The van der Waals surface area contributed by atoms with E-state index >= 15 is 0 Å². The standard InChI is InChI=1S/C12H20N4O/c13-15-11-5-4-6-12(14-11)17-10-9-16-7-2-1-3-8-16/h4-6H,1-3,7-10,13H2,(H,14,15). The maximum atomic E-state index is 5.60. The fourth-order valence-corrected chi connectivity index (χ4v) is 2.04. The molecule has 1 saturated heterocycles. The molecule has 0 aliphatic carbocycles. The fourth-order valence-electron chi connectivity index (χ4n) is 2.04. The van der Waals surface area contributed by atoms with Crippen molar-refractivity contribution >= 4 is 5.82 Å². The number of pyridine rings is 1. The van der Waals surface area contributed by atoms with Gasteiger partial charge in [-0.1, -0.05) is 12.5 Å². The minimum atomic E-state index is 0.623. The molecule has 0 unspecified atom stereocenters. The molecule has 0 aromatic carbocycles. The van der Waals surface area contributed by atoms with Gasteiger partial charge in [-0.15, -0.1) is 0 Å². The molecule has 1 aromatic rings. The fraction of sp³-hybridized carbons (Fsp3) is 0.583. The molecule has 2 rings (SSSR count). The van der Waals surface area contributed by atoms with Crippen LogP contribution in [0, 0.1) is 0 Å². The topological polar surface area (TPSA) is 63.4 Å². The SMILES string of the molecule is NNc1cccc(OCCN2CCCCC2)n1. The van der Waals surface area contributed by atoms with Crippen molar-refractivity contribution in [3.05, 3.63) is 18.2 Å². The number of nitrogens with zero attached hydrogens (tertiary/aromatic N) is 2. The van der Waals surface area contributed by atoms with E-state index in [9.17, 15) is 0 Å². The molecule has 1 fully saturated rings. The molecule has 0 amide bonds. The number of anilines is 1. The summed E-state index contributed by atoms with van der Waals surface area (Å²) in [5.41, 5.74) is 2.51. The summed E-state index contributed by atoms with van der Waals surface area (Å²) in [7, 11) is 0. The lowest BCUT2D eigenvalue weighted by molar-refractivity contribution is 0.180. The zero-order valence-electron chi connectivity index (χ0n) is 10.1. The van der Waals surface area contributed by atoms with Crippen LogP contribution < -0.4 is 16.0 Å². The van der Waals surface area contributed by atoms with Crippen molar-refractivity contribution in [1.29, 1.82) is 0 Å². The van der Waals surface area contributed by atoms with Gasteiger partial charge in [-0.25, -0.2) is 5.84 Å². The van der Waals surface area contributed by atoms with E-state index in [1.165, 1.54) is 32.4 Å². The highest BCUT2D eigenvalue weighted by molar-refractivity contribution is 5.35. The first-order valence-corrected chi connectivity index (χ1v) is 6.17. The molecular formula is C12H20N4O. The predicted octanol–water partition coefficient (Wildman–Crippen LogP) is 1.23. The number of ether oxygens (including phenoxy) is 1. The molecular weight excluding hydrogens is 216 g/mol. The third-order valence-electron chi connectivity index (χ3n) is 2.98. The minimum Gasteiger partial charge on any atom is -0.476 e. The van der Waals surface area contributed by atoms with Crippen LogP contribution in [0.3, 0.4) is 0 Å². The van der Waals surface area contributed by atoms with Crippen molar-refractivity contribution in [2.45, 2.75) is 19.3 Å². The van der Waals surface area contributed by atoms with Gasteiger partial charge in [0.2, 0.25) is 5.88 Å². The van der Waals surface area contributed by atoms with Crippen LogP contribution in [0.15, 0.2) is 18.2 Å². The highest BCUT2D eigenvalue weighted by Crippen LogP contribution is 2.11. The van der Waals surface area contributed by atoms with Crippen molar-refractivity contribution in [3.63, 3.8) is 0 Å². The minimum absolute atomic E-state index is 0.623. The van der Waals surface area contributed by atoms with Gasteiger partial charge in [-0.05, 0) is 32.0 Å². The number of nitrogens with two attached hydrogens (primary N) is 1. The molecule has 94 valence electrons. The molecule has 0 atom stereocenters. The van der Waals surface area contributed by atoms with Crippen LogP contribution in [0.2, 0.25) is 0 Å². The lowest BCUT2D eigenvalue weighted by Gasteiger charge is -2.26. The Labute approximate surface area is 102 Å². The number of rotatable bonds is 5. The van der Waals surface area contributed by atoms with Crippen LogP contribution in [0.4, 0.5) is 5.82 Å². The van der Waals surface area contributed by atoms with E-state index in [0.29, 0.717) is 18.3 Å². The molecule has 3 N–H and O–H groups in total. The molecule has 0 spiro atoms. The largest absolute Gasteiger partial charge is 0.476 e. The smallest absolute Gasteiger partial charge is 0.215 e. The van der Waals surface area contributed by atoms with E-state index in [1.807, 2.05) is 12.1 Å². The Morgan fingerprint density at radius 3 is 2.88 bits per heavy atom. The molecule has 5 heteroatoms. The van der Waals surface area contributed by atoms with Crippen molar-refractivity contribution < 1.29 is 4.74 Å². The molecule has 5 nitrogen and oxygen atoms in total. The molecule has 1 aromatic heterocycles. The van der Waals surface area contributed by atoms with Gasteiger partial charge in [0.1, 0.15) is 12.4 Å². The van der Waals surface area contributed by atoms with E-state index in [1.54, 1.807) is 6.07 Å². The number of hydrazine groups is 1. The zero-order valence-corrected chi connectivity index (χ0v) is 10.1. The molecule has 0 bridgehead atoms. The Morgan fingerprint density at radius 1 is 1.29 bits per heavy atom. The number of piperidine rings is 1. The summed E-state index contributed by atoms with van der Waals surface area (Å²) in [6, 6.07) is 5.52. The van der Waals surface area contributed by atoms with Gasteiger partial charge in [0.05, 0.1) is 0 Å². The average molecular weight is 236 g/mol. The Hall–Kier alpha value is -1.33. The molecule has 0 radical (unpaired) electrons. The quantitative estimate of drug-likeness (QED) is 0.595. The van der Waals surface area contributed by atoms with Gasteiger partial charge in [-0.2, -0.15) is 4.98 Å². The number of aromatic nitrogens is 1. The second kappa shape index (κ2) is 6.42.